The molecule has 7 aliphatic rings. The monoisotopic (exact) mass is 501 g/mol. The number of ether oxygens (including phenoxy) is 1. The van der Waals surface area contributed by atoms with E-state index in [2.05, 4.69) is 21.6 Å². The molecule has 37 heavy (non-hydrogen) atoms. The SMILES string of the molecule is O=C(C[C@H]1N[C@@]23CC[C@]1(O)[C@@H]1Oc4c(O)ccc5c4[C@]12CCN(CC1CC1)[C@@H]3C5)NCc1ccccc1. The molecule has 4 aliphatic heterocycles. The number of nitrogens with zero attached hydrogens (tertiary/aromatic N) is 1. The Morgan fingerprint density at radius 3 is 2.78 bits per heavy atom. The summed E-state index contributed by atoms with van der Waals surface area (Å²) in [7, 11) is 0. The minimum Gasteiger partial charge on any atom is -0.504 e. The number of carbonyl (C=O) groups is 1. The maximum atomic E-state index is 13.2. The highest BCUT2D eigenvalue weighted by Gasteiger charge is 2.80. The number of aromatic hydroxyl groups is 1. The molecule has 6 atom stereocenters. The normalized spacial score (nSPS) is 38.7. The Labute approximate surface area is 217 Å². The van der Waals surface area contributed by atoms with Crippen LogP contribution < -0.4 is 15.4 Å². The number of aliphatic hydroxyl groups is 1. The Hall–Kier alpha value is -2.61. The Bertz CT molecular complexity index is 1280. The van der Waals surface area contributed by atoms with E-state index in [9.17, 15) is 15.0 Å². The number of hydrogen-bond acceptors (Lipinski definition) is 6. The number of rotatable bonds is 6. The van der Waals surface area contributed by atoms with E-state index in [0.29, 0.717) is 18.7 Å². The van der Waals surface area contributed by atoms with Gasteiger partial charge >= 0.3 is 0 Å². The van der Waals surface area contributed by atoms with Crippen LogP contribution in [0.5, 0.6) is 11.5 Å². The fourth-order valence-corrected chi connectivity index (χ4v) is 8.94. The van der Waals surface area contributed by atoms with E-state index in [1.807, 2.05) is 30.3 Å². The van der Waals surface area contributed by atoms with Gasteiger partial charge in [0.15, 0.2) is 11.5 Å². The van der Waals surface area contributed by atoms with Crippen molar-refractivity contribution >= 4 is 5.91 Å². The van der Waals surface area contributed by atoms with Crippen LogP contribution in [0.15, 0.2) is 42.5 Å². The van der Waals surface area contributed by atoms with Crippen molar-refractivity contribution in [1.82, 2.24) is 15.5 Å². The van der Waals surface area contributed by atoms with Gasteiger partial charge < -0.3 is 25.6 Å². The van der Waals surface area contributed by atoms with E-state index in [4.69, 9.17) is 4.74 Å². The van der Waals surface area contributed by atoms with Gasteiger partial charge in [0.25, 0.3) is 0 Å². The summed E-state index contributed by atoms with van der Waals surface area (Å²) in [5.74, 6) is 1.46. The summed E-state index contributed by atoms with van der Waals surface area (Å²) < 4.78 is 6.62. The van der Waals surface area contributed by atoms with Crippen LogP contribution in [0, 0.1) is 5.92 Å². The molecule has 2 spiro atoms. The topological polar surface area (TPSA) is 94.1 Å². The third-order valence-corrected chi connectivity index (χ3v) is 10.7. The predicted molar refractivity (Wildman–Crippen MR) is 137 cm³/mol. The Morgan fingerprint density at radius 1 is 1.14 bits per heavy atom. The molecule has 7 nitrogen and oxygen atoms in total. The van der Waals surface area contributed by atoms with E-state index in [1.54, 1.807) is 6.07 Å². The molecule has 9 rings (SSSR count). The van der Waals surface area contributed by atoms with Crippen molar-refractivity contribution in [2.75, 3.05) is 13.1 Å². The number of amides is 1. The second-order valence-corrected chi connectivity index (χ2v) is 12.5. The smallest absolute Gasteiger partial charge is 0.221 e. The first-order chi connectivity index (χ1) is 17.9. The number of likely N-dealkylation sites (tertiary alicyclic amines) is 1. The first-order valence-corrected chi connectivity index (χ1v) is 14.0. The van der Waals surface area contributed by atoms with Crippen molar-refractivity contribution in [3.05, 3.63) is 59.2 Å². The van der Waals surface area contributed by atoms with Gasteiger partial charge in [0, 0.05) is 42.7 Å². The third kappa shape index (κ3) is 2.85. The first-order valence-electron chi connectivity index (χ1n) is 14.0. The van der Waals surface area contributed by atoms with Gasteiger partial charge in [-0.05, 0) is 68.2 Å². The zero-order valence-electron chi connectivity index (χ0n) is 21.1. The second-order valence-electron chi connectivity index (χ2n) is 12.5. The molecule has 5 fully saturated rings. The predicted octanol–water partition coefficient (Wildman–Crippen LogP) is 2.37. The lowest BCUT2D eigenvalue weighted by atomic mass is 9.41. The second kappa shape index (κ2) is 7.49. The molecule has 194 valence electrons. The van der Waals surface area contributed by atoms with Crippen molar-refractivity contribution < 1.29 is 19.7 Å². The number of phenolic OH excluding ortho intramolecular Hbond substituents is 1. The lowest BCUT2D eigenvalue weighted by Gasteiger charge is -2.73. The molecular weight excluding hydrogens is 466 g/mol. The number of hydrogen-bond donors (Lipinski definition) is 4. The largest absolute Gasteiger partial charge is 0.504 e. The summed E-state index contributed by atoms with van der Waals surface area (Å²) in [5, 5.41) is 30.2. The highest BCUT2D eigenvalue weighted by molar-refractivity contribution is 5.77. The molecule has 4 heterocycles. The highest BCUT2D eigenvalue weighted by atomic mass is 16.5. The van der Waals surface area contributed by atoms with Gasteiger partial charge in [0.2, 0.25) is 5.91 Å². The summed E-state index contributed by atoms with van der Waals surface area (Å²) in [4.78, 5) is 15.9. The zero-order chi connectivity index (χ0) is 25.0. The number of fused-ring (bicyclic) bond motifs is 2. The summed E-state index contributed by atoms with van der Waals surface area (Å²) in [6.07, 6.45) is 5.63. The number of phenols is 1. The molecule has 4 bridgehead atoms. The zero-order valence-corrected chi connectivity index (χ0v) is 21.1. The van der Waals surface area contributed by atoms with Crippen LogP contribution in [-0.4, -0.2) is 63.4 Å². The van der Waals surface area contributed by atoms with Crippen molar-refractivity contribution in [2.45, 2.75) is 86.2 Å². The van der Waals surface area contributed by atoms with Crippen molar-refractivity contribution in [2.24, 2.45) is 5.92 Å². The molecule has 7 heteroatoms. The molecule has 4 N–H and O–H groups in total. The molecule has 3 aliphatic carbocycles. The molecule has 3 saturated heterocycles. The van der Waals surface area contributed by atoms with Gasteiger partial charge in [0.1, 0.15) is 11.7 Å². The Morgan fingerprint density at radius 2 is 1.97 bits per heavy atom. The molecule has 1 amide bonds. The summed E-state index contributed by atoms with van der Waals surface area (Å²) in [5.41, 5.74) is 1.57. The number of benzene rings is 2. The average Bonchev–Trinajstić information content (AvgIpc) is 3.64. The van der Waals surface area contributed by atoms with Crippen LogP contribution in [0.4, 0.5) is 0 Å². The first kappa shape index (κ1) is 22.4. The maximum absolute atomic E-state index is 13.2. The fraction of sp³-hybridized carbons (Fsp3) is 0.567. The minimum atomic E-state index is -1.19. The van der Waals surface area contributed by atoms with E-state index in [-0.39, 0.29) is 35.1 Å². The highest BCUT2D eigenvalue weighted by Crippen LogP contribution is 2.69. The summed E-state index contributed by atoms with van der Waals surface area (Å²) in [6.45, 7) is 2.58. The molecule has 0 aromatic heterocycles. The lowest BCUT2D eigenvalue weighted by molar-refractivity contribution is -0.234. The van der Waals surface area contributed by atoms with E-state index in [0.717, 1.165) is 49.4 Å². The number of nitrogens with one attached hydrogen (secondary N) is 2. The van der Waals surface area contributed by atoms with Gasteiger partial charge in [-0.2, -0.15) is 0 Å². The van der Waals surface area contributed by atoms with Crippen LogP contribution >= 0.6 is 0 Å². The molecule has 0 radical (unpaired) electrons. The molecule has 0 unspecified atom stereocenters. The minimum absolute atomic E-state index is 0.0670. The fourth-order valence-electron chi connectivity index (χ4n) is 8.94. The van der Waals surface area contributed by atoms with E-state index >= 15 is 0 Å². The third-order valence-electron chi connectivity index (χ3n) is 10.7. The van der Waals surface area contributed by atoms with Gasteiger partial charge in [0.05, 0.1) is 5.41 Å². The molecular formula is C30H35N3O4. The molecule has 2 saturated carbocycles. The summed E-state index contributed by atoms with van der Waals surface area (Å²) in [6, 6.07) is 13.6. The molecule has 2 aromatic carbocycles. The van der Waals surface area contributed by atoms with Crippen LogP contribution in [0.3, 0.4) is 0 Å². The van der Waals surface area contributed by atoms with Crippen molar-refractivity contribution in [1.29, 1.82) is 0 Å². The number of carbonyl (C=O) groups excluding carboxylic acids is 1. The van der Waals surface area contributed by atoms with Gasteiger partial charge in [-0.3, -0.25) is 9.69 Å². The Balaban J connectivity index is 1.17. The van der Waals surface area contributed by atoms with Crippen molar-refractivity contribution in [3.63, 3.8) is 0 Å². The lowest BCUT2D eigenvalue weighted by Crippen LogP contribution is -2.91. The molecule has 2 aromatic rings. The standard InChI is InChI=1S/C30H35N3O4/c34-21-9-8-20-14-23-30-11-10-29(36,22(32-30)15-24(35)31-16-18-4-2-1-3-5-18)27-28(30,25(20)26(21)37-27)12-13-33(23)17-19-6-7-19/h1-5,8-9,19,22-23,27,32,34,36H,6-7,10-17H2,(H,31,35)/t22-,23-,27-,28-,29-,30-/m1/s1. The van der Waals surface area contributed by atoms with Gasteiger partial charge in [-0.15, -0.1) is 0 Å². The quantitative estimate of drug-likeness (QED) is 0.486. The Kier molecular flexibility index (Phi) is 4.53. The van der Waals surface area contributed by atoms with Crippen LogP contribution in [-0.2, 0) is 23.2 Å². The van der Waals surface area contributed by atoms with Gasteiger partial charge in [-0.25, -0.2) is 0 Å². The van der Waals surface area contributed by atoms with Crippen LogP contribution in [0.1, 0.15) is 55.2 Å². The van der Waals surface area contributed by atoms with Crippen LogP contribution in [0.2, 0.25) is 0 Å². The van der Waals surface area contributed by atoms with Gasteiger partial charge in [-0.1, -0.05) is 36.4 Å². The van der Waals surface area contributed by atoms with Crippen LogP contribution in [0.25, 0.3) is 0 Å². The van der Waals surface area contributed by atoms with E-state index in [1.165, 1.54) is 18.4 Å². The van der Waals surface area contributed by atoms with E-state index < -0.39 is 17.7 Å². The van der Waals surface area contributed by atoms with Crippen molar-refractivity contribution in [3.8, 4) is 11.5 Å². The number of piperidine rings is 3. The average molecular weight is 502 g/mol. The maximum Gasteiger partial charge on any atom is 0.221 e. The summed E-state index contributed by atoms with van der Waals surface area (Å²) >= 11 is 0.